The van der Waals surface area contributed by atoms with E-state index in [0.717, 1.165) is 18.8 Å². The Hall–Kier alpha value is -3.69. The monoisotopic (exact) mass is 465 g/mol. The number of rotatable bonds is 7. The topological polar surface area (TPSA) is 97.0 Å². The van der Waals surface area contributed by atoms with Crippen molar-refractivity contribution in [2.24, 2.45) is 0 Å². The number of benzene rings is 2. The van der Waals surface area contributed by atoms with Crippen molar-refractivity contribution >= 4 is 46.2 Å². The normalized spacial score (nSPS) is 13.3. The summed E-state index contributed by atoms with van der Waals surface area (Å²) in [6.45, 7) is 2.68. The number of hydrogen-bond acceptors (Lipinski definition) is 7. The number of morpholine rings is 1. The first-order chi connectivity index (χ1) is 16.1. The summed E-state index contributed by atoms with van der Waals surface area (Å²) in [6, 6.07) is 17.3. The van der Waals surface area contributed by atoms with Crippen LogP contribution in [-0.4, -0.2) is 50.7 Å². The number of nitrogens with zero attached hydrogens (tertiary/aromatic N) is 1. The molecular weight excluding hydrogens is 442 g/mol. The number of anilines is 3. The zero-order valence-corrected chi connectivity index (χ0v) is 18.6. The molecule has 1 aliphatic rings. The molecule has 0 atom stereocenters. The van der Waals surface area contributed by atoms with Crippen LogP contribution >= 0.6 is 11.3 Å². The molecule has 0 aliphatic carbocycles. The molecule has 0 unspecified atom stereocenters. The van der Waals surface area contributed by atoms with Crippen LogP contribution in [0.3, 0.4) is 0 Å². The number of ether oxygens (including phenoxy) is 2. The first-order valence-corrected chi connectivity index (χ1v) is 11.3. The maximum absolute atomic E-state index is 12.2. The van der Waals surface area contributed by atoms with Crippen LogP contribution in [-0.2, 0) is 14.3 Å². The third-order valence-electron chi connectivity index (χ3n) is 4.99. The van der Waals surface area contributed by atoms with Gasteiger partial charge in [0, 0.05) is 30.2 Å². The molecule has 8 nitrogen and oxygen atoms in total. The molecule has 2 aromatic carbocycles. The summed E-state index contributed by atoms with van der Waals surface area (Å²) in [5.74, 6) is -1.26. The van der Waals surface area contributed by atoms with Gasteiger partial charge >= 0.3 is 5.97 Å². The maximum Gasteiger partial charge on any atom is 0.338 e. The van der Waals surface area contributed by atoms with Gasteiger partial charge in [0.1, 0.15) is 0 Å². The van der Waals surface area contributed by atoms with Crippen LogP contribution < -0.4 is 15.5 Å². The van der Waals surface area contributed by atoms with Crippen LogP contribution in [0.5, 0.6) is 0 Å². The van der Waals surface area contributed by atoms with E-state index in [2.05, 4.69) is 15.5 Å². The van der Waals surface area contributed by atoms with Gasteiger partial charge in [-0.05, 0) is 60.0 Å². The van der Waals surface area contributed by atoms with Crippen molar-refractivity contribution in [1.82, 2.24) is 0 Å². The van der Waals surface area contributed by atoms with Gasteiger partial charge < -0.3 is 25.0 Å². The quantitative estimate of drug-likeness (QED) is 0.517. The van der Waals surface area contributed by atoms with Gasteiger partial charge in [0.25, 0.3) is 11.8 Å². The van der Waals surface area contributed by atoms with Crippen LogP contribution in [0.25, 0.3) is 0 Å². The molecule has 0 bridgehead atoms. The average Bonchev–Trinajstić information content (AvgIpc) is 3.39. The maximum atomic E-state index is 12.2. The minimum absolute atomic E-state index is 0.213. The summed E-state index contributed by atoms with van der Waals surface area (Å²) in [7, 11) is 0. The molecule has 2 heterocycles. The third kappa shape index (κ3) is 6.18. The highest BCUT2D eigenvalue weighted by Gasteiger charge is 2.13. The van der Waals surface area contributed by atoms with Crippen molar-refractivity contribution in [2.45, 2.75) is 0 Å². The minimum atomic E-state index is -0.621. The van der Waals surface area contributed by atoms with Gasteiger partial charge in [-0.25, -0.2) is 4.79 Å². The van der Waals surface area contributed by atoms with Crippen molar-refractivity contribution < 1.29 is 23.9 Å². The van der Waals surface area contributed by atoms with Crippen LogP contribution in [0, 0.1) is 0 Å². The van der Waals surface area contributed by atoms with Crippen molar-refractivity contribution in [3.8, 4) is 0 Å². The van der Waals surface area contributed by atoms with E-state index in [9.17, 15) is 14.4 Å². The Bertz CT molecular complexity index is 1090. The van der Waals surface area contributed by atoms with Crippen LogP contribution in [0.2, 0.25) is 0 Å². The van der Waals surface area contributed by atoms with Crippen LogP contribution in [0.1, 0.15) is 20.0 Å². The SMILES string of the molecule is O=C(COC(=O)c1ccc(NC(=O)c2cccs2)cc1)Nc1ccc(N2CCOCC2)cc1. The molecule has 4 rings (SSSR count). The number of carbonyl (C=O) groups excluding carboxylic acids is 3. The molecule has 0 saturated carbocycles. The molecule has 1 aromatic heterocycles. The summed E-state index contributed by atoms with van der Waals surface area (Å²) in [5, 5.41) is 7.30. The molecule has 2 amide bonds. The largest absolute Gasteiger partial charge is 0.452 e. The lowest BCUT2D eigenvalue weighted by Gasteiger charge is -2.28. The summed E-state index contributed by atoms with van der Waals surface area (Å²) in [6.07, 6.45) is 0. The van der Waals surface area contributed by atoms with Gasteiger partial charge in [-0.2, -0.15) is 0 Å². The zero-order chi connectivity index (χ0) is 23.0. The molecule has 2 N–H and O–H groups in total. The summed E-state index contributed by atoms with van der Waals surface area (Å²) in [5.41, 5.74) is 2.53. The lowest BCUT2D eigenvalue weighted by Crippen LogP contribution is -2.36. The fourth-order valence-electron chi connectivity index (χ4n) is 3.28. The number of esters is 1. The smallest absolute Gasteiger partial charge is 0.338 e. The van der Waals surface area contributed by atoms with Gasteiger partial charge in [-0.15, -0.1) is 11.3 Å². The van der Waals surface area contributed by atoms with Gasteiger partial charge in [-0.1, -0.05) is 6.07 Å². The second kappa shape index (κ2) is 10.8. The lowest BCUT2D eigenvalue weighted by molar-refractivity contribution is -0.119. The van der Waals surface area contributed by atoms with E-state index in [1.807, 2.05) is 29.6 Å². The molecule has 1 saturated heterocycles. The fourth-order valence-corrected chi connectivity index (χ4v) is 3.90. The summed E-state index contributed by atoms with van der Waals surface area (Å²) in [4.78, 5) is 39.3. The Balaban J connectivity index is 1.23. The second-order valence-corrected chi connectivity index (χ2v) is 8.23. The number of nitrogens with one attached hydrogen (secondary N) is 2. The third-order valence-corrected chi connectivity index (χ3v) is 5.85. The lowest BCUT2D eigenvalue weighted by atomic mass is 10.2. The van der Waals surface area contributed by atoms with Crippen molar-refractivity contribution in [1.29, 1.82) is 0 Å². The molecule has 0 radical (unpaired) electrons. The van der Waals surface area contributed by atoms with Crippen molar-refractivity contribution in [2.75, 3.05) is 48.4 Å². The molecular formula is C24H23N3O5S. The first-order valence-electron chi connectivity index (χ1n) is 10.4. The number of thiophene rings is 1. The Morgan fingerprint density at radius 2 is 1.58 bits per heavy atom. The first kappa shape index (κ1) is 22.5. The highest BCUT2D eigenvalue weighted by atomic mass is 32.1. The standard InChI is InChI=1S/C24H23N3O5S/c28-22(25-18-7-9-20(10-8-18)27-11-13-31-14-12-27)16-32-24(30)17-3-5-19(6-4-17)26-23(29)21-2-1-15-33-21/h1-10,15H,11-14,16H2,(H,25,28)(H,26,29). The Kier molecular flexibility index (Phi) is 7.33. The van der Waals surface area contributed by atoms with Crippen LogP contribution in [0.15, 0.2) is 66.0 Å². The molecule has 3 aromatic rings. The van der Waals surface area contributed by atoms with E-state index in [1.165, 1.54) is 23.5 Å². The molecule has 0 spiro atoms. The minimum Gasteiger partial charge on any atom is -0.452 e. The Morgan fingerprint density at radius 1 is 0.909 bits per heavy atom. The molecule has 1 fully saturated rings. The molecule has 1 aliphatic heterocycles. The average molecular weight is 466 g/mol. The summed E-state index contributed by atoms with van der Waals surface area (Å²) < 4.78 is 10.5. The summed E-state index contributed by atoms with van der Waals surface area (Å²) >= 11 is 1.34. The Labute approximate surface area is 195 Å². The molecule has 170 valence electrons. The predicted octanol–water partition coefficient (Wildman–Crippen LogP) is 3.63. The molecule has 9 heteroatoms. The van der Waals surface area contributed by atoms with Gasteiger partial charge in [0.2, 0.25) is 0 Å². The van der Waals surface area contributed by atoms with Gasteiger partial charge in [0.15, 0.2) is 6.61 Å². The van der Waals surface area contributed by atoms with E-state index in [4.69, 9.17) is 9.47 Å². The molecule has 33 heavy (non-hydrogen) atoms. The van der Waals surface area contributed by atoms with Crippen LogP contribution in [0.4, 0.5) is 17.1 Å². The fraction of sp³-hybridized carbons (Fsp3) is 0.208. The van der Waals surface area contributed by atoms with E-state index in [1.54, 1.807) is 24.3 Å². The van der Waals surface area contributed by atoms with E-state index >= 15 is 0 Å². The zero-order valence-electron chi connectivity index (χ0n) is 17.8. The van der Waals surface area contributed by atoms with E-state index < -0.39 is 18.5 Å². The number of carbonyl (C=O) groups is 3. The van der Waals surface area contributed by atoms with Crippen molar-refractivity contribution in [3.63, 3.8) is 0 Å². The van der Waals surface area contributed by atoms with E-state index in [-0.39, 0.29) is 11.5 Å². The highest BCUT2D eigenvalue weighted by molar-refractivity contribution is 7.12. The number of amides is 2. The predicted molar refractivity (Wildman–Crippen MR) is 127 cm³/mol. The van der Waals surface area contributed by atoms with Gasteiger partial charge in [-0.3, -0.25) is 9.59 Å². The van der Waals surface area contributed by atoms with Gasteiger partial charge in [0.05, 0.1) is 23.7 Å². The second-order valence-electron chi connectivity index (χ2n) is 7.28. The number of hydrogen-bond donors (Lipinski definition) is 2. The Morgan fingerprint density at radius 3 is 2.24 bits per heavy atom. The van der Waals surface area contributed by atoms with Crippen molar-refractivity contribution in [3.05, 3.63) is 76.5 Å². The highest BCUT2D eigenvalue weighted by Crippen LogP contribution is 2.19. The van der Waals surface area contributed by atoms with E-state index in [0.29, 0.717) is 29.5 Å².